The van der Waals surface area contributed by atoms with E-state index in [1.54, 1.807) is 54.7 Å². The van der Waals surface area contributed by atoms with Crippen LogP contribution in [0.15, 0.2) is 65.7 Å². The number of hydrogen-bond acceptors (Lipinski definition) is 5. The molecule has 1 N–H and O–H groups in total. The Morgan fingerprint density at radius 3 is 2.58 bits per heavy atom. The second-order valence-electron chi connectivity index (χ2n) is 8.01. The molecule has 1 aliphatic heterocycles. The molecule has 0 saturated heterocycles. The van der Waals surface area contributed by atoms with Crippen LogP contribution in [0.5, 0.6) is 5.88 Å². The minimum atomic E-state index is -3.86. The molecule has 9 heteroatoms. The highest BCUT2D eigenvalue weighted by Gasteiger charge is 2.34. The van der Waals surface area contributed by atoms with Crippen LogP contribution in [0.1, 0.15) is 16.7 Å². The maximum atomic E-state index is 13.5. The summed E-state index contributed by atoms with van der Waals surface area (Å²) in [4.78, 5) is 4.60. The summed E-state index contributed by atoms with van der Waals surface area (Å²) in [6.45, 7) is 3.92. The average Bonchev–Trinajstić information content (AvgIpc) is 3.02. The van der Waals surface area contributed by atoms with E-state index in [0.717, 1.165) is 11.1 Å². The number of pyridine rings is 1. The molecule has 168 valence electrons. The van der Waals surface area contributed by atoms with Gasteiger partial charge in [0.2, 0.25) is 5.88 Å². The molecule has 0 fully saturated rings. The standard InChI is InChI=1S/C24H21ClN4O3S/c1-15-5-9-18(10-6-15)33(31,32)28-13-11-20-22(19-4-3-12-26-23(19)28)27-29(24(20)30)21-14-17(25)8-7-16(21)2/h3-10,12,14,30H,11,13H2,1-2H3. The number of rotatable bonds is 3. The molecule has 0 saturated carbocycles. The van der Waals surface area contributed by atoms with Gasteiger partial charge < -0.3 is 5.11 Å². The number of anilines is 1. The lowest BCUT2D eigenvalue weighted by atomic mass is 10.1. The van der Waals surface area contributed by atoms with E-state index in [0.29, 0.717) is 27.5 Å². The Hall–Kier alpha value is -3.36. The smallest absolute Gasteiger partial charge is 0.265 e. The van der Waals surface area contributed by atoms with Gasteiger partial charge in [0, 0.05) is 28.9 Å². The summed E-state index contributed by atoms with van der Waals surface area (Å²) in [6.07, 6.45) is 1.82. The maximum absolute atomic E-state index is 13.5. The van der Waals surface area contributed by atoms with Crippen LogP contribution in [-0.2, 0) is 16.4 Å². The van der Waals surface area contributed by atoms with Crippen molar-refractivity contribution < 1.29 is 13.5 Å². The number of nitrogens with zero attached hydrogens (tertiary/aromatic N) is 4. The number of aromatic hydroxyl groups is 1. The summed E-state index contributed by atoms with van der Waals surface area (Å²) in [5.41, 5.74) is 4.11. The van der Waals surface area contributed by atoms with E-state index in [2.05, 4.69) is 10.1 Å². The molecule has 0 atom stereocenters. The molecule has 33 heavy (non-hydrogen) atoms. The molecular formula is C24H21ClN4O3S. The van der Waals surface area contributed by atoms with Crippen LogP contribution in [0.25, 0.3) is 16.9 Å². The van der Waals surface area contributed by atoms with Crippen LogP contribution in [0, 0.1) is 13.8 Å². The van der Waals surface area contributed by atoms with Crippen molar-refractivity contribution in [3.63, 3.8) is 0 Å². The van der Waals surface area contributed by atoms with Gasteiger partial charge in [-0.3, -0.25) is 0 Å². The van der Waals surface area contributed by atoms with Crippen LogP contribution in [0.4, 0.5) is 5.82 Å². The quantitative estimate of drug-likeness (QED) is 0.460. The van der Waals surface area contributed by atoms with Gasteiger partial charge in [-0.05, 0) is 62.2 Å². The van der Waals surface area contributed by atoms with Crippen molar-refractivity contribution in [3.8, 4) is 22.8 Å². The molecule has 0 amide bonds. The number of aryl methyl sites for hydroxylation is 2. The highest BCUT2D eigenvalue weighted by atomic mass is 35.5. The lowest BCUT2D eigenvalue weighted by molar-refractivity contribution is 0.427. The Kier molecular flexibility index (Phi) is 5.14. The Labute approximate surface area is 197 Å². The Morgan fingerprint density at radius 2 is 1.82 bits per heavy atom. The van der Waals surface area contributed by atoms with Crippen molar-refractivity contribution in [1.29, 1.82) is 0 Å². The van der Waals surface area contributed by atoms with Gasteiger partial charge in [-0.1, -0.05) is 35.4 Å². The zero-order chi connectivity index (χ0) is 23.3. The third-order valence-corrected chi connectivity index (χ3v) is 7.85. The first-order valence-electron chi connectivity index (χ1n) is 10.4. The summed E-state index contributed by atoms with van der Waals surface area (Å²) in [6, 6.07) is 15.6. The van der Waals surface area contributed by atoms with Gasteiger partial charge in [0.25, 0.3) is 10.0 Å². The van der Waals surface area contributed by atoms with Crippen molar-refractivity contribution >= 4 is 27.4 Å². The van der Waals surface area contributed by atoms with Crippen LogP contribution < -0.4 is 4.31 Å². The van der Waals surface area contributed by atoms with Crippen molar-refractivity contribution in [2.24, 2.45) is 0 Å². The first kappa shape index (κ1) is 21.5. The van der Waals surface area contributed by atoms with E-state index in [4.69, 9.17) is 11.6 Å². The molecule has 3 heterocycles. The molecule has 0 bridgehead atoms. The van der Waals surface area contributed by atoms with Crippen LogP contribution in [0.3, 0.4) is 0 Å². The first-order valence-corrected chi connectivity index (χ1v) is 12.2. The van der Waals surface area contributed by atoms with Gasteiger partial charge in [0.15, 0.2) is 5.82 Å². The summed E-state index contributed by atoms with van der Waals surface area (Å²) >= 11 is 6.18. The van der Waals surface area contributed by atoms with Gasteiger partial charge >= 0.3 is 0 Å². The topological polar surface area (TPSA) is 88.3 Å². The zero-order valence-corrected chi connectivity index (χ0v) is 19.6. The molecule has 0 unspecified atom stereocenters. The fraction of sp³-hybridized carbons (Fsp3) is 0.167. The normalized spacial score (nSPS) is 13.4. The summed E-state index contributed by atoms with van der Waals surface area (Å²) < 4.78 is 29.8. The maximum Gasteiger partial charge on any atom is 0.265 e. The van der Waals surface area contributed by atoms with Crippen molar-refractivity contribution in [2.45, 2.75) is 25.2 Å². The summed E-state index contributed by atoms with van der Waals surface area (Å²) in [5, 5.41) is 16.3. The van der Waals surface area contributed by atoms with Gasteiger partial charge in [-0.25, -0.2) is 22.4 Å². The van der Waals surface area contributed by atoms with E-state index in [-0.39, 0.29) is 29.6 Å². The second-order valence-corrected chi connectivity index (χ2v) is 10.3. The monoisotopic (exact) mass is 480 g/mol. The van der Waals surface area contributed by atoms with E-state index in [9.17, 15) is 13.5 Å². The molecule has 4 aromatic rings. The summed E-state index contributed by atoms with van der Waals surface area (Å²) in [5.74, 6) is 0.240. The van der Waals surface area contributed by atoms with Crippen molar-refractivity contribution in [1.82, 2.24) is 14.8 Å². The third kappa shape index (κ3) is 3.55. The third-order valence-electron chi connectivity index (χ3n) is 5.81. The average molecular weight is 481 g/mol. The number of hydrogen-bond donors (Lipinski definition) is 1. The molecular weight excluding hydrogens is 460 g/mol. The SMILES string of the molecule is Cc1ccc(S(=O)(=O)N2CCc3c(nn(-c4cc(Cl)ccc4C)c3O)-c3cccnc32)cc1. The zero-order valence-electron chi connectivity index (χ0n) is 18.0. The molecule has 7 nitrogen and oxygen atoms in total. The Balaban J connectivity index is 1.67. The number of aromatic nitrogens is 3. The predicted molar refractivity (Wildman–Crippen MR) is 128 cm³/mol. The summed E-state index contributed by atoms with van der Waals surface area (Å²) in [7, 11) is -3.86. The lowest BCUT2D eigenvalue weighted by Crippen LogP contribution is -2.33. The van der Waals surface area contributed by atoms with Crippen molar-refractivity contribution in [2.75, 3.05) is 10.8 Å². The number of halogens is 1. The van der Waals surface area contributed by atoms with Gasteiger partial charge in [0.05, 0.1) is 10.6 Å². The van der Waals surface area contributed by atoms with E-state index >= 15 is 0 Å². The Bertz CT molecular complexity index is 1480. The Morgan fingerprint density at radius 1 is 1.06 bits per heavy atom. The predicted octanol–water partition coefficient (Wildman–Crippen LogP) is 4.66. The van der Waals surface area contributed by atoms with Crippen molar-refractivity contribution in [3.05, 3.63) is 82.5 Å². The fourth-order valence-electron chi connectivity index (χ4n) is 4.04. The van der Waals surface area contributed by atoms with Crippen LogP contribution in [0.2, 0.25) is 5.02 Å². The highest BCUT2D eigenvalue weighted by molar-refractivity contribution is 7.92. The van der Waals surface area contributed by atoms with E-state index < -0.39 is 10.0 Å². The van der Waals surface area contributed by atoms with Crippen LogP contribution in [-0.4, -0.2) is 34.8 Å². The van der Waals surface area contributed by atoms with Crippen LogP contribution >= 0.6 is 11.6 Å². The second kappa shape index (κ2) is 7.90. The minimum absolute atomic E-state index is 0.0419. The fourth-order valence-corrected chi connectivity index (χ4v) is 5.64. The number of fused-ring (bicyclic) bond motifs is 3. The van der Waals surface area contributed by atoms with Gasteiger partial charge in [-0.2, -0.15) is 5.10 Å². The first-order chi connectivity index (χ1) is 15.8. The molecule has 2 aromatic heterocycles. The minimum Gasteiger partial charge on any atom is -0.493 e. The van der Waals surface area contributed by atoms with Gasteiger partial charge in [-0.15, -0.1) is 0 Å². The molecule has 0 aliphatic carbocycles. The molecule has 5 rings (SSSR count). The molecule has 2 aromatic carbocycles. The highest BCUT2D eigenvalue weighted by Crippen LogP contribution is 2.41. The molecule has 0 spiro atoms. The largest absolute Gasteiger partial charge is 0.493 e. The molecule has 0 radical (unpaired) electrons. The number of benzene rings is 2. The number of sulfonamides is 1. The lowest BCUT2D eigenvalue weighted by Gasteiger charge is -2.23. The van der Waals surface area contributed by atoms with E-state index in [1.807, 2.05) is 19.9 Å². The van der Waals surface area contributed by atoms with Gasteiger partial charge in [0.1, 0.15) is 5.69 Å². The van der Waals surface area contributed by atoms with E-state index in [1.165, 1.54) is 8.99 Å². The molecule has 1 aliphatic rings.